The molecule has 7 rings (SSSR count). The summed E-state index contributed by atoms with van der Waals surface area (Å²) in [5, 5.41) is 54.4. The lowest BCUT2D eigenvalue weighted by Gasteiger charge is -2.17. The van der Waals surface area contributed by atoms with Crippen molar-refractivity contribution in [1.29, 1.82) is 0 Å². The normalized spacial score (nSPS) is 12.7. The minimum absolute atomic E-state index is 0.0306. The van der Waals surface area contributed by atoms with Crippen LogP contribution in [0.4, 0.5) is 11.4 Å². The van der Waals surface area contributed by atoms with Gasteiger partial charge in [-0.15, -0.1) is 0 Å². The fraction of sp³-hybridized carbons (Fsp3) is 0.0952. The number of nitrogens with one attached hydrogen (secondary N) is 4. The van der Waals surface area contributed by atoms with Crippen molar-refractivity contribution in [2.45, 2.75) is 25.0 Å². The van der Waals surface area contributed by atoms with Gasteiger partial charge >= 0.3 is 0 Å². The molecule has 62 heavy (non-hydrogen) atoms. The maximum absolute atomic E-state index is 13.4. The Morgan fingerprint density at radius 3 is 1.32 bits per heavy atom. The van der Waals surface area contributed by atoms with Crippen LogP contribution in [0.2, 0.25) is 0 Å². The third kappa shape index (κ3) is 9.47. The molecule has 0 aliphatic carbocycles. The van der Waals surface area contributed by atoms with Crippen molar-refractivity contribution in [2.24, 2.45) is 10.2 Å². The molecule has 0 radical (unpaired) electrons. The van der Waals surface area contributed by atoms with Gasteiger partial charge in [0.1, 0.15) is 23.6 Å². The fourth-order valence-corrected chi connectivity index (χ4v) is 6.27. The Hall–Kier alpha value is -8.62. The summed E-state index contributed by atoms with van der Waals surface area (Å²) in [6.07, 6.45) is -3.70. The van der Waals surface area contributed by atoms with E-state index < -0.39 is 67.8 Å². The molecule has 6 N–H and O–H groups in total. The number of carbonyl (C=O) groups is 2. The number of hydrogen-bond donors (Lipinski definition) is 6. The van der Waals surface area contributed by atoms with Crippen molar-refractivity contribution in [3.8, 4) is 0 Å². The Bertz CT molecular complexity index is 2840. The van der Waals surface area contributed by atoms with Crippen LogP contribution in [0.3, 0.4) is 0 Å². The molecule has 0 fully saturated rings. The Morgan fingerprint density at radius 2 is 0.968 bits per heavy atom. The second-order valence-electron chi connectivity index (χ2n) is 13.6. The lowest BCUT2D eigenvalue weighted by molar-refractivity contribution is -0.384. The molecule has 2 aromatic heterocycles. The molecule has 0 saturated carbocycles. The Labute approximate surface area is 347 Å². The van der Waals surface area contributed by atoms with Gasteiger partial charge in [0.05, 0.1) is 44.8 Å². The average molecular weight is 837 g/mol. The monoisotopic (exact) mass is 836 g/mol. The number of fused-ring (bicyclic) bond motifs is 2. The van der Waals surface area contributed by atoms with Crippen molar-refractivity contribution in [3.63, 3.8) is 0 Å². The van der Waals surface area contributed by atoms with Crippen LogP contribution in [-0.2, 0) is 22.4 Å². The van der Waals surface area contributed by atoms with E-state index in [1.165, 1.54) is 48.5 Å². The highest BCUT2D eigenvalue weighted by atomic mass is 16.6. The standard InChI is InChI=1S/C42H32N10O10/c53-33(19-23-7-3-1-4-8-23)47-49-35(37-41(57)45-31-21-27(51(59)60)15-17-29(31)43-37)39(55)25-11-13-26(14-12-25)40(56)36(50-48-34(54)20-24-9-5-2-6-10-24)38-42(58)46-32-22-28(52(61)62)16-18-30(32)44-38/h1-18,21-22,39-40,55-56H,19-20H2,(H,45,57)(H,46,58)(H,47,53)(H,48,54)/b49-35-,50-36+/t39-,40+/m1/s1. The summed E-state index contributed by atoms with van der Waals surface area (Å²) in [5.41, 5.74) is 2.42. The van der Waals surface area contributed by atoms with E-state index in [0.717, 1.165) is 12.1 Å². The number of rotatable bonds is 14. The molecular weight excluding hydrogens is 805 g/mol. The fourth-order valence-electron chi connectivity index (χ4n) is 6.27. The van der Waals surface area contributed by atoms with Gasteiger partial charge in [-0.3, -0.25) is 39.4 Å². The predicted molar refractivity (Wildman–Crippen MR) is 224 cm³/mol. The molecule has 310 valence electrons. The number of nitrogens with zero attached hydrogens (tertiary/aromatic N) is 6. The smallest absolute Gasteiger partial charge is 0.276 e. The minimum Gasteiger partial charge on any atom is -0.382 e. The largest absolute Gasteiger partial charge is 0.382 e. The number of H-pyrrole nitrogens is 2. The minimum atomic E-state index is -1.75. The number of aliphatic hydroxyl groups excluding tert-OH is 2. The summed E-state index contributed by atoms with van der Waals surface area (Å²) >= 11 is 0. The molecule has 2 atom stereocenters. The van der Waals surface area contributed by atoms with Crippen molar-refractivity contribution in [2.75, 3.05) is 0 Å². The first-order valence-electron chi connectivity index (χ1n) is 18.5. The summed E-state index contributed by atoms with van der Waals surface area (Å²) in [4.78, 5) is 87.8. The SMILES string of the molecule is O=C(Cc1ccccc1)N/N=C(/c1nc2ccc([N+](=O)[O-])cc2[nH]c1=O)[C@H](O)c1ccc([C@H](O)/C(=N/NC(=O)Cc2ccccc2)c2nc3ccc([N+](=O)[O-])cc3[nH]c2=O)cc1. The highest BCUT2D eigenvalue weighted by Gasteiger charge is 2.27. The summed E-state index contributed by atoms with van der Waals surface area (Å²) in [6, 6.07) is 30.0. The zero-order valence-corrected chi connectivity index (χ0v) is 32.0. The van der Waals surface area contributed by atoms with Crippen LogP contribution in [0.1, 0.15) is 45.8 Å². The number of carbonyl (C=O) groups excluding carboxylic acids is 2. The van der Waals surface area contributed by atoms with Crippen LogP contribution in [0.15, 0.2) is 141 Å². The molecule has 0 aliphatic heterocycles. The topological polar surface area (TPSA) is 301 Å². The highest BCUT2D eigenvalue weighted by molar-refractivity contribution is 6.05. The van der Waals surface area contributed by atoms with E-state index in [-0.39, 0.29) is 57.4 Å². The molecule has 0 bridgehead atoms. The van der Waals surface area contributed by atoms with Gasteiger partial charge in [0.2, 0.25) is 11.8 Å². The van der Waals surface area contributed by atoms with Gasteiger partial charge < -0.3 is 20.2 Å². The molecule has 20 heteroatoms. The Balaban J connectivity index is 1.23. The van der Waals surface area contributed by atoms with Gasteiger partial charge in [-0.1, -0.05) is 84.9 Å². The highest BCUT2D eigenvalue weighted by Crippen LogP contribution is 2.25. The number of amides is 2. The predicted octanol–water partition coefficient (Wildman–Crippen LogP) is 3.57. The summed E-state index contributed by atoms with van der Waals surface area (Å²) < 4.78 is 0. The number of benzene rings is 5. The number of nitro groups is 2. The van der Waals surface area contributed by atoms with Gasteiger partial charge in [-0.05, 0) is 34.4 Å². The Morgan fingerprint density at radius 1 is 0.597 bits per heavy atom. The molecule has 2 heterocycles. The molecule has 0 aliphatic rings. The van der Waals surface area contributed by atoms with Gasteiger partial charge in [-0.2, -0.15) is 10.2 Å². The second kappa shape index (κ2) is 18.1. The van der Waals surface area contributed by atoms with Gasteiger partial charge in [0.25, 0.3) is 22.5 Å². The summed E-state index contributed by atoms with van der Waals surface area (Å²) in [5.74, 6) is -1.18. The number of aliphatic hydroxyl groups is 2. The number of nitro benzene ring substituents is 2. The zero-order valence-electron chi connectivity index (χ0n) is 32.0. The first-order valence-corrected chi connectivity index (χ1v) is 18.5. The molecule has 0 spiro atoms. The van der Waals surface area contributed by atoms with Crippen LogP contribution < -0.4 is 22.0 Å². The molecule has 20 nitrogen and oxygen atoms in total. The van der Waals surface area contributed by atoms with Gasteiger partial charge in [0.15, 0.2) is 11.4 Å². The number of aromatic amines is 2. The van der Waals surface area contributed by atoms with Crippen LogP contribution in [-0.4, -0.2) is 63.2 Å². The molecule has 7 aromatic rings. The first-order chi connectivity index (χ1) is 29.8. The van der Waals surface area contributed by atoms with Crippen LogP contribution in [0, 0.1) is 20.2 Å². The quantitative estimate of drug-likeness (QED) is 0.0521. The Kier molecular flexibility index (Phi) is 12.1. The van der Waals surface area contributed by atoms with Crippen LogP contribution in [0.25, 0.3) is 22.1 Å². The van der Waals surface area contributed by atoms with E-state index in [1.54, 1.807) is 60.7 Å². The number of non-ortho nitro benzene ring substituents is 2. The number of hydrazone groups is 2. The average Bonchev–Trinajstić information content (AvgIpc) is 3.26. The zero-order chi connectivity index (χ0) is 43.9. The maximum atomic E-state index is 13.4. The lowest BCUT2D eigenvalue weighted by atomic mass is 9.97. The van der Waals surface area contributed by atoms with Gasteiger partial charge in [-0.25, -0.2) is 20.8 Å². The molecular formula is C42H32N10O10. The van der Waals surface area contributed by atoms with Crippen molar-refractivity contribution >= 4 is 56.7 Å². The number of aromatic nitrogens is 4. The van der Waals surface area contributed by atoms with Gasteiger partial charge in [0, 0.05) is 24.3 Å². The first kappa shape index (κ1) is 41.5. The third-order valence-electron chi connectivity index (χ3n) is 9.36. The van der Waals surface area contributed by atoms with E-state index in [0.29, 0.717) is 11.1 Å². The van der Waals surface area contributed by atoms with E-state index >= 15 is 0 Å². The third-order valence-corrected chi connectivity index (χ3v) is 9.36. The van der Waals surface area contributed by atoms with Crippen molar-refractivity contribution < 1.29 is 29.6 Å². The summed E-state index contributed by atoms with van der Waals surface area (Å²) in [6.45, 7) is 0. The van der Waals surface area contributed by atoms with E-state index in [1.807, 2.05) is 0 Å². The lowest BCUT2D eigenvalue weighted by Crippen LogP contribution is -2.30. The van der Waals surface area contributed by atoms with Crippen LogP contribution in [0.5, 0.6) is 0 Å². The van der Waals surface area contributed by atoms with E-state index in [2.05, 4.69) is 41.0 Å². The molecule has 0 saturated heterocycles. The molecule has 2 amide bonds. The van der Waals surface area contributed by atoms with Crippen LogP contribution >= 0.6 is 0 Å². The molecule has 0 unspecified atom stereocenters. The van der Waals surface area contributed by atoms with E-state index in [4.69, 9.17) is 0 Å². The molecule has 5 aromatic carbocycles. The van der Waals surface area contributed by atoms with Crippen molar-refractivity contribution in [1.82, 2.24) is 30.8 Å². The maximum Gasteiger partial charge on any atom is 0.276 e. The second-order valence-corrected chi connectivity index (χ2v) is 13.6. The summed E-state index contributed by atoms with van der Waals surface area (Å²) in [7, 11) is 0. The van der Waals surface area contributed by atoms with Crippen molar-refractivity contribution in [3.05, 3.63) is 196 Å². The number of hydrogen-bond acceptors (Lipinski definition) is 14. The van der Waals surface area contributed by atoms with E-state index in [9.17, 15) is 49.6 Å².